The number of likely N-dealkylation sites (tertiary alicyclic amines) is 2. The van der Waals surface area contributed by atoms with Crippen molar-refractivity contribution < 1.29 is 23.5 Å². The topological polar surface area (TPSA) is 102 Å². The van der Waals surface area contributed by atoms with Gasteiger partial charge >= 0.3 is 11.7 Å². The van der Waals surface area contributed by atoms with Crippen LogP contribution in [-0.2, 0) is 20.9 Å². The minimum Gasteiger partial charge on any atom is -0.466 e. The third-order valence-electron chi connectivity index (χ3n) is 6.32. The van der Waals surface area contributed by atoms with Crippen LogP contribution in [0.15, 0.2) is 27.4 Å². The summed E-state index contributed by atoms with van der Waals surface area (Å²) in [5, 5.41) is 0. The lowest BCUT2D eigenvalue weighted by Gasteiger charge is -2.30. The van der Waals surface area contributed by atoms with Crippen LogP contribution in [0.5, 0.6) is 0 Å². The van der Waals surface area contributed by atoms with Gasteiger partial charge in [0.15, 0.2) is 5.58 Å². The molecule has 32 heavy (non-hydrogen) atoms. The molecule has 0 saturated carbocycles. The monoisotopic (exact) mass is 443 g/mol. The largest absolute Gasteiger partial charge is 0.466 e. The number of fused-ring (bicyclic) bond motifs is 1. The molecule has 0 spiro atoms. The molecule has 2 amide bonds. The lowest BCUT2D eigenvalue weighted by Crippen LogP contribution is -2.42. The number of piperidine rings is 2. The highest BCUT2D eigenvalue weighted by Crippen LogP contribution is 2.21. The fraction of sp³-hybridized carbons (Fsp3) is 0.565. The average molecular weight is 444 g/mol. The van der Waals surface area contributed by atoms with E-state index in [1.54, 1.807) is 30.0 Å². The summed E-state index contributed by atoms with van der Waals surface area (Å²) in [6.45, 7) is 4.28. The van der Waals surface area contributed by atoms with E-state index in [1.807, 2.05) is 4.90 Å². The molecule has 2 aromatic rings. The maximum Gasteiger partial charge on any atom is 0.420 e. The van der Waals surface area contributed by atoms with Crippen LogP contribution in [0.1, 0.15) is 49.4 Å². The lowest BCUT2D eigenvalue weighted by molar-refractivity contribution is -0.151. The lowest BCUT2D eigenvalue weighted by atomic mass is 9.97. The summed E-state index contributed by atoms with van der Waals surface area (Å²) < 4.78 is 11.6. The Kier molecular flexibility index (Phi) is 6.62. The molecule has 0 N–H and O–H groups in total. The Morgan fingerprint density at radius 1 is 1.03 bits per heavy atom. The second kappa shape index (κ2) is 9.58. The van der Waals surface area contributed by atoms with Crippen molar-refractivity contribution in [3.05, 3.63) is 34.3 Å². The van der Waals surface area contributed by atoms with Crippen molar-refractivity contribution in [2.45, 2.75) is 45.6 Å². The summed E-state index contributed by atoms with van der Waals surface area (Å²) in [6, 6.07) is 4.91. The van der Waals surface area contributed by atoms with Crippen LogP contribution in [0.4, 0.5) is 0 Å². The number of oxazole rings is 1. The van der Waals surface area contributed by atoms with E-state index < -0.39 is 5.76 Å². The normalized spacial score (nSPS) is 17.5. The van der Waals surface area contributed by atoms with Crippen molar-refractivity contribution in [1.29, 1.82) is 0 Å². The molecule has 0 aliphatic carbocycles. The predicted molar refractivity (Wildman–Crippen MR) is 116 cm³/mol. The first-order valence-electron chi connectivity index (χ1n) is 11.3. The molecule has 2 fully saturated rings. The molecule has 1 aromatic heterocycles. The van der Waals surface area contributed by atoms with Crippen LogP contribution in [0, 0.1) is 5.92 Å². The van der Waals surface area contributed by atoms with Crippen LogP contribution in [-0.4, -0.2) is 64.9 Å². The zero-order valence-electron chi connectivity index (χ0n) is 18.4. The highest BCUT2D eigenvalue weighted by molar-refractivity contribution is 5.97. The average Bonchev–Trinajstić information content (AvgIpc) is 3.13. The molecule has 2 saturated heterocycles. The number of carbonyl (C=O) groups excluding carboxylic acids is 3. The Balaban J connectivity index is 1.47. The summed E-state index contributed by atoms with van der Waals surface area (Å²) in [6.07, 6.45) is 4.20. The van der Waals surface area contributed by atoms with E-state index in [9.17, 15) is 19.2 Å². The van der Waals surface area contributed by atoms with Crippen LogP contribution >= 0.6 is 0 Å². The quantitative estimate of drug-likeness (QED) is 0.655. The molecule has 0 atom stereocenters. The van der Waals surface area contributed by atoms with E-state index in [1.165, 1.54) is 4.57 Å². The number of carbonyl (C=O) groups is 3. The van der Waals surface area contributed by atoms with E-state index >= 15 is 0 Å². The number of benzene rings is 1. The second-order valence-electron chi connectivity index (χ2n) is 8.40. The van der Waals surface area contributed by atoms with Gasteiger partial charge in [-0.25, -0.2) is 4.79 Å². The van der Waals surface area contributed by atoms with Crippen molar-refractivity contribution in [3.63, 3.8) is 0 Å². The Morgan fingerprint density at radius 3 is 2.44 bits per heavy atom. The third kappa shape index (κ3) is 4.56. The Hall–Kier alpha value is -3.10. The summed E-state index contributed by atoms with van der Waals surface area (Å²) in [5.41, 5.74) is 1.27. The third-order valence-corrected chi connectivity index (χ3v) is 6.32. The van der Waals surface area contributed by atoms with Gasteiger partial charge in [0.05, 0.1) is 18.0 Å². The molecular weight excluding hydrogens is 414 g/mol. The second-order valence-corrected chi connectivity index (χ2v) is 8.40. The van der Waals surface area contributed by atoms with Crippen molar-refractivity contribution >= 4 is 28.9 Å². The first-order valence-corrected chi connectivity index (χ1v) is 11.3. The molecule has 2 aliphatic heterocycles. The van der Waals surface area contributed by atoms with Gasteiger partial charge in [0.2, 0.25) is 5.91 Å². The van der Waals surface area contributed by atoms with E-state index in [-0.39, 0.29) is 30.2 Å². The van der Waals surface area contributed by atoms with Gasteiger partial charge in [-0.3, -0.25) is 19.0 Å². The smallest absolute Gasteiger partial charge is 0.420 e. The van der Waals surface area contributed by atoms with Crippen LogP contribution in [0.3, 0.4) is 0 Å². The summed E-state index contributed by atoms with van der Waals surface area (Å²) in [5.74, 6) is -1.33. The van der Waals surface area contributed by atoms with Gasteiger partial charge in [-0.1, -0.05) is 0 Å². The van der Waals surface area contributed by atoms with Crippen LogP contribution < -0.4 is 5.76 Å². The first-order chi connectivity index (χ1) is 15.5. The van der Waals surface area contributed by atoms with E-state index in [0.29, 0.717) is 49.2 Å². The number of amides is 2. The molecular formula is C23H29N3O6. The predicted octanol–water partition coefficient (Wildman–Crippen LogP) is 2.02. The standard InChI is InChI=1S/C23H29N3O6/c1-2-31-22(29)16-8-12-24(13-9-16)20(27)15-26-18-14-17(6-7-19(18)32-23(26)30)21(28)25-10-4-3-5-11-25/h6-7,14,16H,2-5,8-13,15H2,1H3. The highest BCUT2D eigenvalue weighted by Gasteiger charge is 2.29. The van der Waals surface area contributed by atoms with Crippen molar-refractivity contribution in [3.8, 4) is 0 Å². The van der Waals surface area contributed by atoms with Crippen molar-refractivity contribution in [2.75, 3.05) is 32.8 Å². The minimum absolute atomic E-state index is 0.0702. The number of hydrogen-bond acceptors (Lipinski definition) is 6. The molecule has 0 unspecified atom stereocenters. The number of ether oxygens (including phenoxy) is 1. The van der Waals surface area contributed by atoms with Gasteiger partial charge in [-0.15, -0.1) is 0 Å². The molecule has 1 aromatic carbocycles. The summed E-state index contributed by atoms with van der Waals surface area (Å²) in [4.78, 5) is 53.5. The molecule has 3 heterocycles. The van der Waals surface area contributed by atoms with Gasteiger partial charge in [-0.05, 0) is 57.2 Å². The van der Waals surface area contributed by atoms with Crippen LogP contribution in [0.25, 0.3) is 11.1 Å². The van der Waals surface area contributed by atoms with E-state index in [2.05, 4.69) is 0 Å². The summed E-state index contributed by atoms with van der Waals surface area (Å²) in [7, 11) is 0. The van der Waals surface area contributed by atoms with E-state index in [0.717, 1.165) is 32.4 Å². The van der Waals surface area contributed by atoms with Crippen molar-refractivity contribution in [1.82, 2.24) is 14.4 Å². The number of rotatable bonds is 5. The number of esters is 1. The molecule has 9 heteroatoms. The Morgan fingerprint density at radius 2 is 1.75 bits per heavy atom. The molecule has 9 nitrogen and oxygen atoms in total. The number of hydrogen-bond donors (Lipinski definition) is 0. The zero-order valence-corrected chi connectivity index (χ0v) is 18.4. The molecule has 0 bridgehead atoms. The maximum atomic E-state index is 12.9. The van der Waals surface area contributed by atoms with Gasteiger partial charge in [-0.2, -0.15) is 0 Å². The van der Waals surface area contributed by atoms with Crippen molar-refractivity contribution in [2.24, 2.45) is 5.92 Å². The van der Waals surface area contributed by atoms with E-state index in [4.69, 9.17) is 9.15 Å². The SMILES string of the molecule is CCOC(=O)C1CCN(C(=O)Cn2c(=O)oc3ccc(C(=O)N4CCCCC4)cc32)CC1. The number of nitrogens with zero attached hydrogens (tertiary/aromatic N) is 3. The Bertz CT molecular complexity index is 1060. The fourth-order valence-corrected chi connectivity index (χ4v) is 4.48. The minimum atomic E-state index is -0.627. The van der Waals surface area contributed by atoms with Gasteiger partial charge < -0.3 is 19.0 Å². The zero-order chi connectivity index (χ0) is 22.7. The molecule has 0 radical (unpaired) electrons. The fourth-order valence-electron chi connectivity index (χ4n) is 4.48. The van der Waals surface area contributed by atoms with Gasteiger partial charge in [0.25, 0.3) is 5.91 Å². The summed E-state index contributed by atoms with van der Waals surface area (Å²) >= 11 is 0. The van der Waals surface area contributed by atoms with Gasteiger partial charge in [0.1, 0.15) is 6.54 Å². The first kappa shape index (κ1) is 22.1. The Labute approximate surface area is 185 Å². The number of aromatic nitrogens is 1. The van der Waals surface area contributed by atoms with Crippen LogP contribution in [0.2, 0.25) is 0 Å². The molecule has 4 rings (SSSR count). The van der Waals surface area contributed by atoms with Gasteiger partial charge in [0, 0.05) is 31.7 Å². The molecule has 172 valence electrons. The molecule has 2 aliphatic rings. The highest BCUT2D eigenvalue weighted by atomic mass is 16.5. The maximum absolute atomic E-state index is 12.9.